The molecule has 0 aliphatic heterocycles. The number of aliphatic carboxylic acids is 1. The van der Waals surface area contributed by atoms with Gasteiger partial charge in [-0.05, 0) is 47.9 Å². The fourth-order valence-corrected chi connectivity index (χ4v) is 5.09. The monoisotopic (exact) mass is 443 g/mol. The Morgan fingerprint density at radius 2 is 1.58 bits per heavy atom. The minimum atomic E-state index is -0.777. The van der Waals surface area contributed by atoms with E-state index in [9.17, 15) is 14.7 Å². The van der Waals surface area contributed by atoms with E-state index in [1.165, 1.54) is 11.1 Å². The third-order valence-electron chi connectivity index (χ3n) is 6.74. The number of carbonyl (C=O) groups is 2. The molecule has 1 N–H and O–H groups in total. The van der Waals surface area contributed by atoms with Crippen LogP contribution in [-0.2, 0) is 9.53 Å². The van der Waals surface area contributed by atoms with Gasteiger partial charge in [-0.1, -0.05) is 48.5 Å². The Morgan fingerprint density at radius 3 is 2.15 bits per heavy atom. The van der Waals surface area contributed by atoms with Gasteiger partial charge in [0.1, 0.15) is 6.61 Å². The summed E-state index contributed by atoms with van der Waals surface area (Å²) < 4.78 is 5.89. The van der Waals surface area contributed by atoms with Crippen LogP contribution >= 0.6 is 0 Å². The van der Waals surface area contributed by atoms with Crippen molar-refractivity contribution in [3.05, 3.63) is 78.2 Å². The molecule has 2 aromatic carbocycles. The first-order valence-corrected chi connectivity index (χ1v) is 11.3. The smallest absolute Gasteiger partial charge is 0.415 e. The molecule has 1 saturated carbocycles. The summed E-state index contributed by atoms with van der Waals surface area (Å²) in [5.74, 6) is -0.755. The van der Waals surface area contributed by atoms with Crippen LogP contribution in [0, 0.1) is 5.92 Å². The SMILES string of the molecule is O=C(O)C1CCC(N(C(=O)OCC2c3ccccc3-c3ccccc32)c2cnccn2)CC1. The zero-order valence-corrected chi connectivity index (χ0v) is 18.1. The number of carbonyl (C=O) groups excluding carboxylic acids is 1. The molecule has 168 valence electrons. The topological polar surface area (TPSA) is 92.6 Å². The van der Waals surface area contributed by atoms with Gasteiger partial charge in [-0.25, -0.2) is 9.78 Å². The number of fused-ring (bicyclic) bond motifs is 3. The molecule has 0 unspecified atom stereocenters. The Hall–Kier alpha value is -3.74. The van der Waals surface area contributed by atoms with Gasteiger partial charge in [0.15, 0.2) is 5.82 Å². The van der Waals surface area contributed by atoms with Crippen molar-refractivity contribution in [3.63, 3.8) is 0 Å². The first kappa shape index (κ1) is 21.1. The van der Waals surface area contributed by atoms with E-state index >= 15 is 0 Å². The predicted molar refractivity (Wildman–Crippen MR) is 123 cm³/mol. The van der Waals surface area contributed by atoms with E-state index in [1.807, 2.05) is 24.3 Å². The minimum absolute atomic E-state index is 0.0344. The Morgan fingerprint density at radius 1 is 0.939 bits per heavy atom. The summed E-state index contributed by atoms with van der Waals surface area (Å²) in [6.07, 6.45) is 6.38. The van der Waals surface area contributed by atoms with Gasteiger partial charge in [-0.15, -0.1) is 0 Å². The molecule has 0 spiro atoms. The van der Waals surface area contributed by atoms with Gasteiger partial charge in [-0.3, -0.25) is 14.7 Å². The number of aromatic nitrogens is 2. The van der Waals surface area contributed by atoms with Crippen LogP contribution in [0.3, 0.4) is 0 Å². The zero-order valence-electron chi connectivity index (χ0n) is 18.1. The normalized spacial score (nSPS) is 19.4. The van der Waals surface area contributed by atoms with Gasteiger partial charge in [0.25, 0.3) is 0 Å². The molecule has 33 heavy (non-hydrogen) atoms. The molecule has 2 aliphatic rings. The highest BCUT2D eigenvalue weighted by Crippen LogP contribution is 2.44. The number of rotatable bonds is 5. The van der Waals surface area contributed by atoms with E-state index in [-0.39, 0.29) is 24.5 Å². The Labute approximate surface area is 192 Å². The van der Waals surface area contributed by atoms with Crippen LogP contribution in [-0.4, -0.2) is 39.8 Å². The summed E-state index contributed by atoms with van der Waals surface area (Å²) in [7, 11) is 0. The van der Waals surface area contributed by atoms with E-state index in [0.29, 0.717) is 31.5 Å². The van der Waals surface area contributed by atoms with Crippen LogP contribution < -0.4 is 4.90 Å². The first-order chi connectivity index (χ1) is 16.1. The number of hydrogen-bond donors (Lipinski definition) is 1. The zero-order chi connectivity index (χ0) is 22.8. The van der Waals surface area contributed by atoms with Crippen molar-refractivity contribution in [2.24, 2.45) is 5.92 Å². The number of hydrogen-bond acceptors (Lipinski definition) is 5. The van der Waals surface area contributed by atoms with Crippen LogP contribution in [0.4, 0.5) is 10.6 Å². The summed E-state index contributed by atoms with van der Waals surface area (Å²) >= 11 is 0. The Balaban J connectivity index is 1.36. The van der Waals surface area contributed by atoms with Crippen molar-refractivity contribution in [2.45, 2.75) is 37.6 Å². The molecular weight excluding hydrogens is 418 g/mol. The fraction of sp³-hybridized carbons (Fsp3) is 0.308. The van der Waals surface area contributed by atoms with Gasteiger partial charge in [0.05, 0.1) is 12.1 Å². The van der Waals surface area contributed by atoms with Crippen molar-refractivity contribution in [1.29, 1.82) is 0 Å². The third kappa shape index (κ3) is 4.06. The Bertz CT molecular complexity index is 1110. The second-order valence-electron chi connectivity index (χ2n) is 8.58. The lowest BCUT2D eigenvalue weighted by molar-refractivity contribution is -0.142. The highest BCUT2D eigenvalue weighted by atomic mass is 16.6. The summed E-state index contributed by atoms with van der Waals surface area (Å²) in [5, 5.41) is 9.33. The number of benzene rings is 2. The predicted octanol–water partition coefficient (Wildman–Crippen LogP) is 4.88. The lowest BCUT2D eigenvalue weighted by atomic mass is 9.85. The second kappa shape index (κ2) is 9.02. The van der Waals surface area contributed by atoms with Crippen LogP contribution in [0.2, 0.25) is 0 Å². The molecule has 2 aliphatic carbocycles. The number of amides is 1. The van der Waals surface area contributed by atoms with Crippen molar-refractivity contribution in [3.8, 4) is 11.1 Å². The average Bonchev–Trinajstić information content (AvgIpc) is 3.18. The molecule has 0 radical (unpaired) electrons. The number of nitrogens with zero attached hydrogens (tertiary/aromatic N) is 3. The number of carboxylic acid groups (broad SMARTS) is 1. The van der Waals surface area contributed by atoms with Gasteiger partial charge >= 0.3 is 12.1 Å². The van der Waals surface area contributed by atoms with Crippen LogP contribution in [0.15, 0.2) is 67.1 Å². The lowest BCUT2D eigenvalue weighted by Gasteiger charge is -2.34. The molecule has 7 nitrogen and oxygen atoms in total. The quantitative estimate of drug-likeness (QED) is 0.604. The highest BCUT2D eigenvalue weighted by molar-refractivity contribution is 5.87. The molecule has 0 bridgehead atoms. The molecule has 3 aromatic rings. The van der Waals surface area contributed by atoms with Crippen LogP contribution in [0.1, 0.15) is 42.7 Å². The summed E-state index contributed by atoms with van der Waals surface area (Å²) in [4.78, 5) is 34.7. The summed E-state index contributed by atoms with van der Waals surface area (Å²) in [6.45, 7) is 0.216. The standard InChI is InChI=1S/C26H25N3O4/c30-25(31)17-9-11-18(12-10-17)29(24-15-27-13-14-28-24)26(32)33-16-23-21-7-3-1-5-19(21)20-6-2-4-8-22(20)23/h1-8,13-15,17-18,23H,9-12,16H2,(H,30,31). The first-order valence-electron chi connectivity index (χ1n) is 11.3. The van der Waals surface area contributed by atoms with E-state index in [0.717, 1.165) is 11.1 Å². The molecule has 1 heterocycles. The maximum absolute atomic E-state index is 13.4. The number of ether oxygens (including phenoxy) is 1. The molecule has 1 amide bonds. The van der Waals surface area contributed by atoms with Crippen molar-refractivity contribution >= 4 is 17.9 Å². The van der Waals surface area contributed by atoms with E-state index < -0.39 is 12.1 Å². The van der Waals surface area contributed by atoms with Crippen LogP contribution in [0.5, 0.6) is 0 Å². The third-order valence-corrected chi connectivity index (χ3v) is 6.74. The molecule has 7 heteroatoms. The molecule has 0 saturated heterocycles. The summed E-state index contributed by atoms with van der Waals surface area (Å²) in [6, 6.07) is 16.3. The van der Waals surface area contributed by atoms with Gasteiger partial charge in [-0.2, -0.15) is 0 Å². The van der Waals surface area contributed by atoms with E-state index in [4.69, 9.17) is 4.74 Å². The average molecular weight is 444 g/mol. The van der Waals surface area contributed by atoms with E-state index in [2.05, 4.69) is 34.2 Å². The lowest BCUT2D eigenvalue weighted by Crippen LogP contribution is -2.44. The van der Waals surface area contributed by atoms with Crippen molar-refractivity contribution < 1.29 is 19.4 Å². The number of anilines is 1. The van der Waals surface area contributed by atoms with Crippen molar-refractivity contribution in [1.82, 2.24) is 9.97 Å². The fourth-order valence-electron chi connectivity index (χ4n) is 5.09. The highest BCUT2D eigenvalue weighted by Gasteiger charge is 2.35. The molecule has 5 rings (SSSR count). The molecule has 1 aromatic heterocycles. The molecule has 1 fully saturated rings. The van der Waals surface area contributed by atoms with Crippen LogP contribution in [0.25, 0.3) is 11.1 Å². The molecule has 0 atom stereocenters. The second-order valence-corrected chi connectivity index (χ2v) is 8.58. The Kier molecular flexibility index (Phi) is 5.77. The number of carboxylic acids is 1. The van der Waals surface area contributed by atoms with Gasteiger partial charge in [0, 0.05) is 24.4 Å². The molecular formula is C26H25N3O4. The minimum Gasteiger partial charge on any atom is -0.481 e. The van der Waals surface area contributed by atoms with Gasteiger partial charge < -0.3 is 9.84 Å². The van der Waals surface area contributed by atoms with Gasteiger partial charge in [0.2, 0.25) is 0 Å². The van der Waals surface area contributed by atoms with E-state index in [1.54, 1.807) is 23.5 Å². The maximum atomic E-state index is 13.4. The van der Waals surface area contributed by atoms with Crippen molar-refractivity contribution in [2.75, 3.05) is 11.5 Å². The maximum Gasteiger partial charge on any atom is 0.415 e. The summed E-state index contributed by atoms with van der Waals surface area (Å²) in [5.41, 5.74) is 4.65. The largest absolute Gasteiger partial charge is 0.481 e.